The quantitative estimate of drug-likeness (QED) is 0.846. The molecule has 0 aliphatic heterocycles. The van der Waals surface area contributed by atoms with Crippen molar-refractivity contribution in [3.05, 3.63) is 29.8 Å². The summed E-state index contributed by atoms with van der Waals surface area (Å²) in [5.74, 6) is -0.578. The summed E-state index contributed by atoms with van der Waals surface area (Å²) >= 11 is 3.26. The highest BCUT2D eigenvalue weighted by Gasteiger charge is 2.22. The van der Waals surface area contributed by atoms with E-state index in [1.165, 1.54) is 18.2 Å². The maximum absolute atomic E-state index is 12.2. The summed E-state index contributed by atoms with van der Waals surface area (Å²) in [7, 11) is 0. The number of alkyl halides is 3. The molecule has 0 heterocycles. The van der Waals surface area contributed by atoms with Gasteiger partial charge in [0.05, 0.1) is 5.56 Å². The van der Waals surface area contributed by atoms with Crippen molar-refractivity contribution in [2.75, 3.05) is 5.33 Å². The van der Waals surface area contributed by atoms with Crippen LogP contribution in [0.25, 0.3) is 0 Å². The topological polar surface area (TPSA) is 38.3 Å². The van der Waals surface area contributed by atoms with Crippen molar-refractivity contribution in [3.8, 4) is 5.75 Å². The normalized spacial score (nSPS) is 11.4. The summed E-state index contributed by atoms with van der Waals surface area (Å²) < 4.78 is 28.7. The van der Waals surface area contributed by atoms with Crippen molar-refractivity contribution in [1.29, 1.82) is 0 Å². The third-order valence-corrected chi connectivity index (χ3v) is 3.54. The molecule has 6 heteroatoms. The van der Waals surface area contributed by atoms with E-state index in [9.17, 15) is 13.6 Å². The molecule has 0 atom stereocenters. The molecular weight excluding hydrogens is 308 g/mol. The van der Waals surface area contributed by atoms with Gasteiger partial charge >= 0.3 is 6.61 Å². The van der Waals surface area contributed by atoms with E-state index < -0.39 is 18.1 Å². The zero-order chi connectivity index (χ0) is 13.8. The Morgan fingerprint density at radius 2 is 2.06 bits per heavy atom. The summed E-state index contributed by atoms with van der Waals surface area (Å²) in [6.45, 7) is 0.676. The minimum absolute atomic E-state index is 0.0897. The van der Waals surface area contributed by atoms with Gasteiger partial charge in [-0.25, -0.2) is 0 Å². The number of nitrogens with one attached hydrogen (secondary N) is 1. The fraction of sp³-hybridized carbons (Fsp3) is 0.417. The SMILES string of the molecule is CC(C)(CBr)NC(=O)c1ccccc1OC(F)F. The molecule has 0 spiro atoms. The number of halogens is 3. The molecule has 18 heavy (non-hydrogen) atoms. The van der Waals surface area contributed by atoms with Crippen molar-refractivity contribution >= 4 is 21.8 Å². The molecule has 0 saturated carbocycles. The van der Waals surface area contributed by atoms with Gasteiger partial charge in [0.1, 0.15) is 5.75 Å². The summed E-state index contributed by atoms with van der Waals surface area (Å²) in [6.07, 6.45) is 0. The molecule has 0 saturated heterocycles. The van der Waals surface area contributed by atoms with Crippen LogP contribution in [0.5, 0.6) is 5.75 Å². The van der Waals surface area contributed by atoms with Gasteiger partial charge in [-0.15, -0.1) is 0 Å². The Morgan fingerprint density at radius 3 is 2.61 bits per heavy atom. The highest BCUT2D eigenvalue weighted by atomic mass is 79.9. The Morgan fingerprint density at radius 1 is 1.44 bits per heavy atom. The fourth-order valence-corrected chi connectivity index (χ4v) is 1.40. The molecule has 0 bridgehead atoms. The smallest absolute Gasteiger partial charge is 0.387 e. The molecule has 1 N–H and O–H groups in total. The summed E-state index contributed by atoms with van der Waals surface area (Å²) in [5.41, 5.74) is -0.388. The molecule has 3 nitrogen and oxygen atoms in total. The summed E-state index contributed by atoms with van der Waals surface area (Å²) in [6, 6.07) is 5.90. The lowest BCUT2D eigenvalue weighted by molar-refractivity contribution is -0.0501. The van der Waals surface area contributed by atoms with E-state index in [0.29, 0.717) is 5.33 Å². The first-order valence-corrected chi connectivity index (χ1v) is 6.40. The van der Waals surface area contributed by atoms with Crippen LogP contribution in [0.2, 0.25) is 0 Å². The van der Waals surface area contributed by atoms with Crippen LogP contribution in [-0.2, 0) is 0 Å². The van der Waals surface area contributed by atoms with E-state index in [1.807, 2.05) is 13.8 Å². The standard InChI is InChI=1S/C12H14BrF2NO2/c1-12(2,7-13)16-10(17)8-5-3-4-6-9(8)18-11(14)15/h3-6,11H,7H2,1-2H3,(H,16,17). The molecule has 1 aromatic carbocycles. The van der Waals surface area contributed by atoms with E-state index in [2.05, 4.69) is 26.0 Å². The van der Waals surface area contributed by atoms with Gasteiger partial charge in [-0.1, -0.05) is 28.1 Å². The molecule has 0 aromatic heterocycles. The summed E-state index contributed by atoms with van der Waals surface area (Å²) in [4.78, 5) is 12.0. The molecule has 0 radical (unpaired) electrons. The second-order valence-electron chi connectivity index (χ2n) is 4.35. The van der Waals surface area contributed by atoms with Crippen LogP contribution in [0.4, 0.5) is 8.78 Å². The third-order valence-electron chi connectivity index (χ3n) is 2.13. The molecule has 1 rings (SSSR count). The van der Waals surface area contributed by atoms with E-state index in [1.54, 1.807) is 6.07 Å². The maximum atomic E-state index is 12.2. The number of carbonyl (C=O) groups excluding carboxylic acids is 1. The highest BCUT2D eigenvalue weighted by molar-refractivity contribution is 9.09. The second kappa shape index (κ2) is 6.13. The van der Waals surface area contributed by atoms with Gasteiger partial charge in [0, 0.05) is 10.9 Å². The number of hydrogen-bond acceptors (Lipinski definition) is 2. The van der Waals surface area contributed by atoms with Gasteiger partial charge in [0.15, 0.2) is 0 Å². The zero-order valence-electron chi connectivity index (χ0n) is 10.0. The Kier molecular flexibility index (Phi) is 5.07. The number of hydrogen-bond donors (Lipinski definition) is 1. The Balaban J connectivity index is 2.92. The number of carbonyl (C=O) groups is 1. The predicted molar refractivity (Wildman–Crippen MR) is 68.4 cm³/mol. The number of rotatable bonds is 5. The monoisotopic (exact) mass is 321 g/mol. The van der Waals surface area contributed by atoms with Crippen LogP contribution in [0.3, 0.4) is 0 Å². The van der Waals surface area contributed by atoms with Crippen molar-refractivity contribution in [1.82, 2.24) is 5.32 Å². The first-order chi connectivity index (χ1) is 8.35. The van der Waals surface area contributed by atoms with Gasteiger partial charge in [0.25, 0.3) is 5.91 Å². The van der Waals surface area contributed by atoms with E-state index >= 15 is 0 Å². The van der Waals surface area contributed by atoms with Crippen molar-refractivity contribution in [2.45, 2.75) is 26.0 Å². The van der Waals surface area contributed by atoms with Crippen LogP contribution in [0.1, 0.15) is 24.2 Å². The van der Waals surface area contributed by atoms with E-state index in [4.69, 9.17) is 0 Å². The summed E-state index contributed by atoms with van der Waals surface area (Å²) in [5, 5.41) is 3.27. The minimum Gasteiger partial charge on any atom is -0.434 e. The van der Waals surface area contributed by atoms with Gasteiger partial charge in [-0.3, -0.25) is 4.79 Å². The van der Waals surface area contributed by atoms with Crippen molar-refractivity contribution in [3.63, 3.8) is 0 Å². The van der Waals surface area contributed by atoms with Crippen molar-refractivity contribution < 1.29 is 18.3 Å². The molecule has 0 unspecified atom stereocenters. The molecular formula is C12H14BrF2NO2. The third kappa shape index (κ3) is 4.25. The lowest BCUT2D eigenvalue weighted by Gasteiger charge is -2.24. The van der Waals surface area contributed by atoms with Crippen LogP contribution in [0.15, 0.2) is 24.3 Å². The average molecular weight is 322 g/mol. The highest BCUT2D eigenvalue weighted by Crippen LogP contribution is 2.21. The van der Waals surface area contributed by atoms with E-state index in [0.717, 1.165) is 0 Å². The average Bonchev–Trinajstić information content (AvgIpc) is 2.28. The maximum Gasteiger partial charge on any atom is 0.387 e. The van der Waals surface area contributed by atoms with Gasteiger partial charge in [0.2, 0.25) is 0 Å². The minimum atomic E-state index is -2.96. The van der Waals surface area contributed by atoms with Crippen LogP contribution < -0.4 is 10.1 Å². The molecule has 1 aromatic rings. The number of amides is 1. The van der Waals surface area contributed by atoms with Crippen molar-refractivity contribution in [2.24, 2.45) is 0 Å². The largest absolute Gasteiger partial charge is 0.434 e. The Bertz CT molecular complexity index is 424. The van der Waals surface area contributed by atoms with Gasteiger partial charge in [-0.2, -0.15) is 8.78 Å². The van der Waals surface area contributed by atoms with Crippen LogP contribution >= 0.6 is 15.9 Å². The lowest BCUT2D eigenvalue weighted by Crippen LogP contribution is -2.44. The molecule has 1 amide bonds. The lowest BCUT2D eigenvalue weighted by atomic mass is 10.1. The second-order valence-corrected chi connectivity index (χ2v) is 4.91. The molecule has 0 aliphatic rings. The fourth-order valence-electron chi connectivity index (χ4n) is 1.26. The van der Waals surface area contributed by atoms with Gasteiger partial charge in [-0.05, 0) is 26.0 Å². The molecule has 0 aliphatic carbocycles. The Labute approximate surface area is 113 Å². The number of ether oxygens (including phenoxy) is 1. The zero-order valence-corrected chi connectivity index (χ0v) is 11.6. The Hall–Kier alpha value is -1.17. The van der Waals surface area contributed by atoms with Crippen LogP contribution in [-0.4, -0.2) is 23.4 Å². The predicted octanol–water partition coefficient (Wildman–Crippen LogP) is 3.19. The van der Waals surface area contributed by atoms with E-state index in [-0.39, 0.29) is 11.3 Å². The number of para-hydroxylation sites is 1. The first kappa shape index (κ1) is 14.9. The molecule has 100 valence electrons. The number of benzene rings is 1. The van der Waals surface area contributed by atoms with Crippen LogP contribution in [0, 0.1) is 0 Å². The van der Waals surface area contributed by atoms with Gasteiger partial charge < -0.3 is 10.1 Å². The molecule has 0 fully saturated rings. The first-order valence-electron chi connectivity index (χ1n) is 5.28.